The van der Waals surface area contributed by atoms with Crippen LogP contribution in [0.1, 0.15) is 12.8 Å². The van der Waals surface area contributed by atoms with Crippen molar-refractivity contribution in [1.82, 2.24) is 29.4 Å². The molecular formula is C18H19BN8O2. The van der Waals surface area contributed by atoms with E-state index in [0.717, 1.165) is 12.0 Å². The number of likely N-dealkylation sites (tertiary alicyclic amines) is 1. The lowest BCUT2D eigenvalue weighted by atomic mass is 10.0. The monoisotopic (exact) mass is 390 g/mol. The molecule has 3 aromatic rings. The summed E-state index contributed by atoms with van der Waals surface area (Å²) in [4.78, 5) is 44.3. The molecule has 0 bridgehead atoms. The predicted molar refractivity (Wildman–Crippen MR) is 108 cm³/mol. The van der Waals surface area contributed by atoms with Gasteiger partial charge in [0.05, 0.1) is 12.5 Å². The Kier molecular flexibility index (Phi) is 3.97. The number of hydrogen-bond donors (Lipinski definition) is 2. The second-order valence-electron chi connectivity index (χ2n) is 7.58. The van der Waals surface area contributed by atoms with E-state index in [4.69, 9.17) is 5.73 Å². The van der Waals surface area contributed by atoms with Crippen LogP contribution in [-0.2, 0) is 16.1 Å². The molecule has 4 heterocycles. The van der Waals surface area contributed by atoms with Gasteiger partial charge in [-0.25, -0.2) is 15.0 Å². The number of imidazole rings is 1. The normalized spacial score (nSPS) is 22.5. The highest BCUT2D eigenvalue weighted by molar-refractivity contribution is 6.30. The van der Waals surface area contributed by atoms with Crippen LogP contribution in [-0.4, -0.2) is 61.1 Å². The molecule has 3 N–H and O–H groups in total. The van der Waals surface area contributed by atoms with Gasteiger partial charge in [-0.3, -0.25) is 9.59 Å². The number of carbonyl (C=O) groups is 2. The van der Waals surface area contributed by atoms with Gasteiger partial charge >= 0.3 is 0 Å². The summed E-state index contributed by atoms with van der Waals surface area (Å²) >= 11 is 0. The van der Waals surface area contributed by atoms with Crippen LogP contribution >= 0.6 is 0 Å². The first-order valence-corrected chi connectivity index (χ1v) is 9.48. The molecule has 3 atom stereocenters. The van der Waals surface area contributed by atoms with Crippen LogP contribution in [0.4, 0.5) is 11.8 Å². The van der Waals surface area contributed by atoms with Crippen molar-refractivity contribution in [3.05, 3.63) is 30.7 Å². The van der Waals surface area contributed by atoms with Crippen LogP contribution in [0.25, 0.3) is 11.2 Å². The number of amides is 2. The lowest BCUT2D eigenvalue weighted by Crippen LogP contribution is -2.46. The van der Waals surface area contributed by atoms with Crippen molar-refractivity contribution >= 4 is 48.2 Å². The van der Waals surface area contributed by atoms with Crippen molar-refractivity contribution < 1.29 is 9.59 Å². The summed E-state index contributed by atoms with van der Waals surface area (Å²) in [6.07, 6.45) is 4.69. The number of nitrogens with one attached hydrogen (secondary N) is 1. The summed E-state index contributed by atoms with van der Waals surface area (Å²) < 4.78 is 1.64. The van der Waals surface area contributed by atoms with Gasteiger partial charge in [0, 0.05) is 6.04 Å². The molecule has 2 fully saturated rings. The number of carbonyl (C=O) groups excluding carboxylic acids is 2. The van der Waals surface area contributed by atoms with E-state index < -0.39 is 6.04 Å². The fraction of sp³-hybridized carbons (Fsp3) is 0.333. The highest BCUT2D eigenvalue weighted by Crippen LogP contribution is 2.48. The fourth-order valence-electron chi connectivity index (χ4n) is 4.08. The number of hydrogen-bond acceptors (Lipinski definition) is 7. The minimum Gasteiger partial charge on any atom is -0.368 e. The zero-order chi connectivity index (χ0) is 20.1. The van der Waals surface area contributed by atoms with Crippen molar-refractivity contribution in [3.8, 4) is 0 Å². The molecule has 3 aromatic heterocycles. The number of anilines is 2. The summed E-state index contributed by atoms with van der Waals surface area (Å²) in [6.45, 7) is 0.0443. The van der Waals surface area contributed by atoms with Gasteiger partial charge in [-0.2, -0.15) is 4.98 Å². The first kappa shape index (κ1) is 17.6. The van der Waals surface area contributed by atoms with Crippen molar-refractivity contribution in [1.29, 1.82) is 0 Å². The number of rotatable bonds is 4. The van der Waals surface area contributed by atoms with Gasteiger partial charge in [-0.15, -0.1) is 0 Å². The van der Waals surface area contributed by atoms with Crippen molar-refractivity contribution in [2.45, 2.75) is 31.5 Å². The molecule has 29 heavy (non-hydrogen) atoms. The first-order valence-electron chi connectivity index (χ1n) is 9.48. The van der Waals surface area contributed by atoms with E-state index in [1.807, 2.05) is 20.0 Å². The molecule has 10 nitrogen and oxygen atoms in total. The van der Waals surface area contributed by atoms with Crippen molar-refractivity contribution in [2.75, 3.05) is 11.1 Å². The van der Waals surface area contributed by atoms with Gasteiger partial charge in [-0.1, -0.05) is 12.1 Å². The zero-order valence-electron chi connectivity index (χ0n) is 15.8. The molecule has 2 amide bonds. The van der Waals surface area contributed by atoms with Gasteiger partial charge < -0.3 is 20.5 Å². The predicted octanol–water partition coefficient (Wildman–Crippen LogP) is -1.31. The maximum atomic E-state index is 13.1. The van der Waals surface area contributed by atoms with E-state index in [1.54, 1.807) is 21.9 Å². The minimum atomic E-state index is -0.497. The zero-order valence-corrected chi connectivity index (χ0v) is 15.8. The Balaban J connectivity index is 1.35. The van der Waals surface area contributed by atoms with Gasteiger partial charge in [0.25, 0.3) is 0 Å². The molecule has 0 spiro atoms. The van der Waals surface area contributed by atoms with Crippen LogP contribution in [0.15, 0.2) is 30.7 Å². The van der Waals surface area contributed by atoms with Gasteiger partial charge in [0.1, 0.15) is 23.9 Å². The largest absolute Gasteiger partial charge is 0.368 e. The Labute approximate surface area is 167 Å². The average molecular weight is 390 g/mol. The van der Waals surface area contributed by atoms with Crippen LogP contribution in [0.2, 0.25) is 0 Å². The standard InChI is InChI=1S/C18H19BN8O2/c19-13-2-1-3-14(23-13)24-17(29)12-5-9-4-11(9)27(12)15(28)7-26-8-22-10-6-21-18(20)25-16(10)26/h1-3,6,8-9,11-12H,4-5,7,19H2,(H2,20,21,25)(H,23,24,29)/t9-,11?,12+/m1/s1. The van der Waals surface area contributed by atoms with Gasteiger partial charge in [-0.05, 0) is 30.4 Å². The third kappa shape index (κ3) is 3.18. The quantitative estimate of drug-likeness (QED) is 0.529. The lowest BCUT2D eigenvalue weighted by molar-refractivity contribution is -0.138. The molecular weight excluding hydrogens is 371 g/mol. The summed E-state index contributed by atoms with van der Waals surface area (Å²) in [6, 6.07) is 5.07. The Morgan fingerprint density at radius 3 is 2.93 bits per heavy atom. The number of fused-ring (bicyclic) bond motifs is 2. The van der Waals surface area contributed by atoms with Crippen LogP contribution in [0.5, 0.6) is 0 Å². The summed E-state index contributed by atoms with van der Waals surface area (Å²) in [5.41, 5.74) is 7.55. The molecule has 1 aliphatic heterocycles. The van der Waals surface area contributed by atoms with E-state index in [2.05, 4.69) is 25.3 Å². The van der Waals surface area contributed by atoms with Crippen molar-refractivity contribution in [2.24, 2.45) is 5.92 Å². The summed E-state index contributed by atoms with van der Waals surface area (Å²) in [5, 5.41) is 2.85. The second kappa shape index (κ2) is 6.54. The van der Waals surface area contributed by atoms with Crippen molar-refractivity contribution in [3.63, 3.8) is 0 Å². The van der Waals surface area contributed by atoms with Crippen LogP contribution in [0, 0.1) is 5.92 Å². The molecule has 5 rings (SSSR count). The summed E-state index contributed by atoms with van der Waals surface area (Å²) in [7, 11) is 1.86. The van der Waals surface area contributed by atoms with E-state index in [1.165, 1.54) is 6.20 Å². The Morgan fingerprint density at radius 1 is 1.24 bits per heavy atom. The van der Waals surface area contributed by atoms with Crippen LogP contribution < -0.4 is 16.6 Å². The second-order valence-corrected chi connectivity index (χ2v) is 7.58. The fourth-order valence-corrected chi connectivity index (χ4v) is 4.08. The summed E-state index contributed by atoms with van der Waals surface area (Å²) in [5.74, 6) is 0.668. The highest BCUT2D eigenvalue weighted by atomic mass is 16.2. The average Bonchev–Trinajstić information content (AvgIpc) is 3.17. The number of pyridine rings is 1. The van der Waals surface area contributed by atoms with E-state index >= 15 is 0 Å². The molecule has 1 saturated heterocycles. The number of piperidine rings is 1. The van der Waals surface area contributed by atoms with Crippen LogP contribution in [0.3, 0.4) is 0 Å². The molecule has 1 saturated carbocycles. The molecule has 0 aromatic carbocycles. The van der Waals surface area contributed by atoms with E-state index in [-0.39, 0.29) is 30.3 Å². The SMILES string of the molecule is Bc1cccc(NC(=O)[C@@H]2C[C@H]3CC3N2C(=O)Cn2cnc3cnc(N)nc32)n1. The first-order chi connectivity index (χ1) is 14.0. The molecule has 1 unspecified atom stereocenters. The number of nitrogens with two attached hydrogens (primary N) is 1. The minimum absolute atomic E-state index is 0.0443. The van der Waals surface area contributed by atoms with E-state index in [9.17, 15) is 9.59 Å². The third-order valence-electron chi connectivity index (χ3n) is 5.52. The number of aromatic nitrogens is 5. The van der Waals surface area contributed by atoms with Gasteiger partial charge in [0.2, 0.25) is 17.8 Å². The molecule has 11 heteroatoms. The highest BCUT2D eigenvalue weighted by Gasteiger charge is 2.56. The lowest BCUT2D eigenvalue weighted by Gasteiger charge is -2.27. The third-order valence-corrected chi connectivity index (χ3v) is 5.52. The Morgan fingerprint density at radius 2 is 2.10 bits per heavy atom. The Hall–Kier alpha value is -3.50. The molecule has 1 aliphatic carbocycles. The topological polar surface area (TPSA) is 132 Å². The molecule has 146 valence electrons. The Bertz CT molecular complexity index is 1130. The van der Waals surface area contributed by atoms with Gasteiger partial charge in [0.15, 0.2) is 13.5 Å². The molecule has 2 aliphatic rings. The number of nitrogens with zero attached hydrogens (tertiary/aromatic N) is 6. The van der Waals surface area contributed by atoms with E-state index in [0.29, 0.717) is 29.3 Å². The maximum Gasteiger partial charge on any atom is 0.248 e. The molecule has 0 radical (unpaired) electrons. The maximum absolute atomic E-state index is 13.1. The smallest absolute Gasteiger partial charge is 0.248 e. The number of nitrogen functional groups attached to an aromatic ring is 1.